The molecule has 0 radical (unpaired) electrons. The Morgan fingerprint density at radius 3 is 2.57 bits per heavy atom. The Balaban J connectivity index is 2.37. The molecule has 0 aliphatic heterocycles. The Morgan fingerprint density at radius 2 is 1.93 bits per heavy atom. The Morgan fingerprint density at radius 1 is 1.21 bits per heavy atom. The number of aryl methyl sites for hydroxylation is 1. The van der Waals surface area contributed by atoms with E-state index < -0.39 is 16.2 Å². The largest absolute Gasteiger partial charge is 0.332 e. The fourth-order valence-electron chi connectivity index (χ4n) is 2.68. The van der Waals surface area contributed by atoms with Gasteiger partial charge in [-0.15, -0.1) is 11.8 Å². The predicted octanol–water partition coefficient (Wildman–Crippen LogP) is 2.49. The summed E-state index contributed by atoms with van der Waals surface area (Å²) in [6, 6.07) is 5.96. The Bertz CT molecular complexity index is 1200. The highest BCUT2D eigenvalue weighted by atomic mass is 32.2. The molecule has 0 fully saturated rings. The van der Waals surface area contributed by atoms with E-state index in [-0.39, 0.29) is 27.8 Å². The summed E-state index contributed by atoms with van der Waals surface area (Å²) in [7, 11) is 2.95. The summed E-state index contributed by atoms with van der Waals surface area (Å²) in [5, 5.41) is 12.0. The summed E-state index contributed by atoms with van der Waals surface area (Å²) in [6.45, 7) is 4.04. The van der Waals surface area contributed by atoms with Crippen LogP contribution in [0.25, 0.3) is 22.4 Å². The molecule has 0 unspecified atom stereocenters. The van der Waals surface area contributed by atoms with Crippen molar-refractivity contribution in [1.82, 2.24) is 19.1 Å². The number of nitrogens with zero attached hydrogens (tertiary/aromatic N) is 5. The Kier molecular flexibility index (Phi) is 5.32. The van der Waals surface area contributed by atoms with Crippen molar-refractivity contribution >= 4 is 28.5 Å². The second kappa shape index (κ2) is 7.55. The van der Waals surface area contributed by atoms with Crippen LogP contribution >= 0.6 is 11.8 Å². The number of nitro benzene ring substituents is 1. The molecule has 28 heavy (non-hydrogen) atoms. The summed E-state index contributed by atoms with van der Waals surface area (Å²) in [5.74, 6) is 0.227. The van der Waals surface area contributed by atoms with Crippen molar-refractivity contribution < 1.29 is 4.92 Å². The second-order valence-electron chi connectivity index (χ2n) is 6.40. The molecular formula is C18H19N5O4S. The van der Waals surface area contributed by atoms with Crippen LogP contribution in [0.5, 0.6) is 0 Å². The van der Waals surface area contributed by atoms with Gasteiger partial charge in [0.1, 0.15) is 10.4 Å². The van der Waals surface area contributed by atoms with E-state index in [1.165, 1.54) is 42.6 Å². The van der Waals surface area contributed by atoms with E-state index >= 15 is 0 Å². The second-order valence-corrected chi connectivity index (χ2v) is 7.83. The molecule has 0 aliphatic rings. The highest BCUT2D eigenvalue weighted by Gasteiger charge is 2.20. The molecule has 146 valence electrons. The lowest BCUT2D eigenvalue weighted by molar-refractivity contribution is -0.384. The average molecular weight is 401 g/mol. The first-order chi connectivity index (χ1) is 13.2. The fraction of sp³-hybridized carbons (Fsp3) is 0.333. The maximum Gasteiger partial charge on any atom is 0.332 e. The standard InChI is InChI=1S/C18H19N5O4S/c1-5-10(2)28-16-13-15(21(3)18(25)22(4)17(13)24)19-14(20-16)11-7-6-8-12(9-11)23(26)27/h6-10H,5H2,1-4H3/t10-/m1/s1. The molecule has 1 atom stereocenters. The number of thioether (sulfide) groups is 1. The average Bonchev–Trinajstić information content (AvgIpc) is 2.70. The molecule has 10 heteroatoms. The van der Waals surface area contributed by atoms with Gasteiger partial charge in [0.25, 0.3) is 11.2 Å². The monoisotopic (exact) mass is 401 g/mol. The SMILES string of the molecule is CC[C@@H](C)Sc1nc(-c2cccc([N+](=O)[O-])c2)nc2c1c(=O)n(C)c(=O)n2C. The van der Waals surface area contributed by atoms with Crippen molar-refractivity contribution in [2.75, 3.05) is 0 Å². The van der Waals surface area contributed by atoms with Gasteiger partial charge in [-0.2, -0.15) is 0 Å². The van der Waals surface area contributed by atoms with Crippen molar-refractivity contribution in [3.8, 4) is 11.4 Å². The number of aromatic nitrogens is 4. The van der Waals surface area contributed by atoms with Crippen molar-refractivity contribution in [1.29, 1.82) is 0 Å². The number of hydrogen-bond acceptors (Lipinski definition) is 7. The highest BCUT2D eigenvalue weighted by Crippen LogP contribution is 2.30. The Hall–Kier alpha value is -3.01. The molecular weight excluding hydrogens is 382 g/mol. The van der Waals surface area contributed by atoms with E-state index in [9.17, 15) is 19.7 Å². The third-order valence-electron chi connectivity index (χ3n) is 4.47. The van der Waals surface area contributed by atoms with Crippen LogP contribution in [-0.4, -0.2) is 29.3 Å². The molecule has 1 aromatic carbocycles. The third-order valence-corrected chi connectivity index (χ3v) is 5.72. The topological polar surface area (TPSA) is 113 Å². The van der Waals surface area contributed by atoms with Crippen LogP contribution in [0.2, 0.25) is 0 Å². The van der Waals surface area contributed by atoms with Crippen LogP contribution in [0, 0.1) is 10.1 Å². The van der Waals surface area contributed by atoms with Crippen molar-refractivity contribution in [3.63, 3.8) is 0 Å². The van der Waals surface area contributed by atoms with Crippen molar-refractivity contribution in [2.45, 2.75) is 30.5 Å². The maximum absolute atomic E-state index is 12.8. The van der Waals surface area contributed by atoms with Crippen LogP contribution in [0.1, 0.15) is 20.3 Å². The first-order valence-corrected chi connectivity index (χ1v) is 9.51. The van der Waals surface area contributed by atoms with Crippen molar-refractivity contribution in [3.05, 3.63) is 55.2 Å². The first-order valence-electron chi connectivity index (χ1n) is 8.63. The van der Waals surface area contributed by atoms with Gasteiger partial charge >= 0.3 is 5.69 Å². The van der Waals surface area contributed by atoms with E-state index in [4.69, 9.17) is 0 Å². The quantitative estimate of drug-likeness (QED) is 0.279. The summed E-state index contributed by atoms with van der Waals surface area (Å²) in [4.78, 5) is 44.6. The zero-order valence-corrected chi connectivity index (χ0v) is 16.7. The highest BCUT2D eigenvalue weighted by molar-refractivity contribution is 8.00. The van der Waals surface area contributed by atoms with Gasteiger partial charge in [0.15, 0.2) is 11.5 Å². The van der Waals surface area contributed by atoms with Crippen molar-refractivity contribution in [2.24, 2.45) is 14.1 Å². The molecule has 0 N–H and O–H groups in total. The molecule has 9 nitrogen and oxygen atoms in total. The zero-order chi connectivity index (χ0) is 20.6. The van der Waals surface area contributed by atoms with Gasteiger partial charge in [-0.1, -0.05) is 26.0 Å². The summed E-state index contributed by atoms with van der Waals surface area (Å²) >= 11 is 1.42. The molecule has 0 aliphatic carbocycles. The summed E-state index contributed by atoms with van der Waals surface area (Å²) in [6.07, 6.45) is 0.856. The number of rotatable bonds is 5. The summed E-state index contributed by atoms with van der Waals surface area (Å²) in [5.41, 5.74) is -0.406. The molecule has 2 heterocycles. The normalized spacial score (nSPS) is 12.3. The number of hydrogen-bond donors (Lipinski definition) is 0. The van der Waals surface area contributed by atoms with Gasteiger partial charge in [0.05, 0.1) is 4.92 Å². The van der Waals surface area contributed by atoms with Crippen LogP contribution in [-0.2, 0) is 14.1 Å². The molecule has 2 aromatic heterocycles. The van der Waals surface area contributed by atoms with Gasteiger partial charge in [0.2, 0.25) is 0 Å². The van der Waals surface area contributed by atoms with Gasteiger partial charge in [-0.3, -0.25) is 24.0 Å². The van der Waals surface area contributed by atoms with Crippen LogP contribution in [0.4, 0.5) is 5.69 Å². The minimum Gasteiger partial charge on any atom is -0.280 e. The molecule has 0 saturated carbocycles. The van der Waals surface area contributed by atoms with Gasteiger partial charge < -0.3 is 0 Å². The molecule has 0 spiro atoms. The fourth-order valence-corrected chi connectivity index (χ4v) is 3.66. The van der Waals surface area contributed by atoms with Gasteiger partial charge in [-0.25, -0.2) is 14.8 Å². The van der Waals surface area contributed by atoms with Crippen LogP contribution < -0.4 is 11.2 Å². The lowest BCUT2D eigenvalue weighted by Crippen LogP contribution is -2.37. The maximum atomic E-state index is 12.8. The van der Waals surface area contributed by atoms with E-state index in [2.05, 4.69) is 9.97 Å². The van der Waals surface area contributed by atoms with E-state index in [1.54, 1.807) is 12.1 Å². The van der Waals surface area contributed by atoms with Crippen LogP contribution in [0.3, 0.4) is 0 Å². The van der Waals surface area contributed by atoms with E-state index in [1.807, 2.05) is 13.8 Å². The number of nitro groups is 1. The van der Waals surface area contributed by atoms with E-state index in [0.29, 0.717) is 10.6 Å². The number of benzene rings is 1. The third kappa shape index (κ3) is 3.42. The molecule has 0 bridgehead atoms. The number of fused-ring (bicyclic) bond motifs is 1. The molecule has 3 aromatic rings. The predicted molar refractivity (Wildman–Crippen MR) is 108 cm³/mol. The minimum atomic E-state index is -0.499. The smallest absolute Gasteiger partial charge is 0.280 e. The minimum absolute atomic E-state index is 0.0878. The van der Waals surface area contributed by atoms with Crippen LogP contribution in [0.15, 0.2) is 38.9 Å². The number of non-ortho nitro benzene ring substituents is 1. The Labute approximate surface area is 164 Å². The zero-order valence-electron chi connectivity index (χ0n) is 15.9. The molecule has 0 amide bonds. The summed E-state index contributed by atoms with van der Waals surface area (Å²) < 4.78 is 2.32. The lowest BCUT2D eigenvalue weighted by Gasteiger charge is -2.14. The lowest BCUT2D eigenvalue weighted by atomic mass is 10.2. The molecule has 3 rings (SSSR count). The van der Waals surface area contributed by atoms with Gasteiger partial charge in [0, 0.05) is 37.0 Å². The van der Waals surface area contributed by atoms with E-state index in [0.717, 1.165) is 11.0 Å². The molecule has 0 saturated heterocycles. The first kappa shape index (κ1) is 19.7. The van der Waals surface area contributed by atoms with Gasteiger partial charge in [-0.05, 0) is 6.42 Å².